The fraction of sp³-hybridized carbons (Fsp3) is 0.312. The number of halogens is 1. The number of hydrogen-bond acceptors (Lipinski definition) is 2. The molecule has 0 saturated carbocycles. The van der Waals surface area contributed by atoms with Crippen LogP contribution in [0.5, 0.6) is 11.5 Å². The van der Waals surface area contributed by atoms with E-state index in [1.807, 2.05) is 12.1 Å². The van der Waals surface area contributed by atoms with Crippen molar-refractivity contribution in [2.45, 2.75) is 6.54 Å². The zero-order valence-electron chi connectivity index (χ0n) is 12.5. The quantitative estimate of drug-likeness (QED) is 0.490. The van der Waals surface area contributed by atoms with E-state index >= 15 is 0 Å². The minimum absolute atomic E-state index is 0. The molecule has 0 bridgehead atoms. The molecule has 2 heterocycles. The van der Waals surface area contributed by atoms with Gasteiger partial charge in [0.25, 0.3) is 0 Å². The number of hydrogen-bond donors (Lipinski definition) is 0. The molecule has 1 aromatic carbocycles. The third kappa shape index (κ3) is 2.79. The number of ether oxygens (including phenoxy) is 2. The Morgan fingerprint density at radius 2 is 1.95 bits per heavy atom. The van der Waals surface area contributed by atoms with Gasteiger partial charge in [0.2, 0.25) is 5.71 Å². The molecular weight excluding hydrogens is 379 g/mol. The van der Waals surface area contributed by atoms with Crippen LogP contribution >= 0.6 is 0 Å². The van der Waals surface area contributed by atoms with Gasteiger partial charge in [-0.1, -0.05) is 0 Å². The number of methoxy groups -OCH3 is 2. The summed E-state index contributed by atoms with van der Waals surface area (Å²) in [4.78, 5) is 0. The Balaban J connectivity index is 0.00000161. The Bertz CT molecular complexity index is 677. The summed E-state index contributed by atoms with van der Waals surface area (Å²) in [7, 11) is 5.48. The van der Waals surface area contributed by atoms with Crippen molar-refractivity contribution in [2.75, 3.05) is 27.8 Å². The van der Waals surface area contributed by atoms with E-state index in [9.17, 15) is 0 Å². The summed E-state index contributed by atoms with van der Waals surface area (Å²) >= 11 is 0. The molecule has 1 aliphatic rings. The van der Waals surface area contributed by atoms with Crippen molar-refractivity contribution in [2.24, 2.45) is 0 Å². The first kappa shape index (κ1) is 15.9. The molecule has 0 atom stereocenters. The molecule has 0 spiro atoms. The van der Waals surface area contributed by atoms with Gasteiger partial charge in [-0.15, -0.1) is 0 Å². The van der Waals surface area contributed by atoms with Crippen LogP contribution in [0.3, 0.4) is 0 Å². The Morgan fingerprint density at radius 3 is 2.67 bits per heavy atom. The van der Waals surface area contributed by atoms with Gasteiger partial charge in [0.1, 0.15) is 24.2 Å². The number of likely N-dealkylation sites (N-methyl/N-ethyl adjacent to an activating group) is 1. The van der Waals surface area contributed by atoms with Crippen LogP contribution in [0.15, 0.2) is 36.5 Å². The first-order valence-electron chi connectivity index (χ1n) is 6.70. The van der Waals surface area contributed by atoms with Gasteiger partial charge in [0.05, 0.1) is 26.3 Å². The molecule has 0 aliphatic carbocycles. The zero-order valence-corrected chi connectivity index (χ0v) is 14.6. The maximum Gasteiger partial charge on any atom is 0.234 e. The lowest BCUT2D eigenvalue weighted by Gasteiger charge is -2.18. The van der Waals surface area contributed by atoms with Crippen molar-refractivity contribution in [3.63, 3.8) is 0 Å². The topological polar surface area (TPSA) is 26.4 Å². The van der Waals surface area contributed by atoms with Crippen LogP contribution < -0.4 is 33.5 Å². The second kappa shape index (κ2) is 6.51. The molecule has 2 aromatic rings. The fourth-order valence-electron chi connectivity index (χ4n) is 2.73. The molecular formula is C16H19IN2O2. The number of fused-ring (bicyclic) bond motifs is 1. The van der Waals surface area contributed by atoms with Gasteiger partial charge < -0.3 is 38.0 Å². The SMILES string of the molecule is COc1ccc(C2=[N+](C)CCn3cccc32)c(OC)c1.[I-]. The molecule has 5 heteroatoms. The molecule has 112 valence electrons. The molecule has 0 amide bonds. The van der Waals surface area contributed by atoms with Crippen molar-refractivity contribution < 1.29 is 38.0 Å². The predicted molar refractivity (Wildman–Crippen MR) is 78.2 cm³/mol. The lowest BCUT2D eigenvalue weighted by Crippen LogP contribution is -3.00. The third-order valence-electron chi connectivity index (χ3n) is 3.79. The van der Waals surface area contributed by atoms with E-state index in [1.165, 1.54) is 11.4 Å². The van der Waals surface area contributed by atoms with Gasteiger partial charge in [-0.25, -0.2) is 4.58 Å². The molecule has 1 aliphatic heterocycles. The highest BCUT2D eigenvalue weighted by Gasteiger charge is 2.27. The lowest BCUT2D eigenvalue weighted by molar-refractivity contribution is -0.500. The second-order valence-electron chi connectivity index (χ2n) is 4.92. The average Bonchev–Trinajstić information content (AvgIpc) is 2.95. The Kier molecular flexibility index (Phi) is 4.92. The maximum absolute atomic E-state index is 5.54. The fourth-order valence-corrected chi connectivity index (χ4v) is 2.73. The Hall–Kier alpha value is -1.50. The Labute approximate surface area is 142 Å². The minimum Gasteiger partial charge on any atom is -1.00 e. The van der Waals surface area contributed by atoms with Crippen LogP contribution in [0.4, 0.5) is 0 Å². The third-order valence-corrected chi connectivity index (χ3v) is 3.79. The lowest BCUT2D eigenvalue weighted by atomic mass is 10.0. The normalized spacial score (nSPS) is 13.5. The summed E-state index contributed by atoms with van der Waals surface area (Å²) in [5, 5.41) is 0. The van der Waals surface area contributed by atoms with Crippen LogP contribution in [0.2, 0.25) is 0 Å². The van der Waals surface area contributed by atoms with E-state index in [1.54, 1.807) is 14.2 Å². The van der Waals surface area contributed by atoms with Gasteiger partial charge >= 0.3 is 0 Å². The molecule has 0 unspecified atom stereocenters. The van der Waals surface area contributed by atoms with Gasteiger partial charge in [0, 0.05) is 12.3 Å². The predicted octanol–water partition coefficient (Wildman–Crippen LogP) is -0.997. The minimum atomic E-state index is 0. The first-order valence-corrected chi connectivity index (χ1v) is 6.70. The van der Waals surface area contributed by atoms with E-state index in [2.05, 4.69) is 40.6 Å². The van der Waals surface area contributed by atoms with E-state index in [0.717, 1.165) is 30.2 Å². The summed E-state index contributed by atoms with van der Waals surface area (Å²) in [5.74, 6) is 1.64. The molecule has 0 saturated heterocycles. The van der Waals surface area contributed by atoms with E-state index in [-0.39, 0.29) is 24.0 Å². The number of rotatable bonds is 3. The molecule has 21 heavy (non-hydrogen) atoms. The van der Waals surface area contributed by atoms with E-state index in [4.69, 9.17) is 9.47 Å². The smallest absolute Gasteiger partial charge is 0.234 e. The van der Waals surface area contributed by atoms with Crippen LogP contribution in [-0.2, 0) is 6.54 Å². The number of aromatic nitrogens is 1. The van der Waals surface area contributed by atoms with Gasteiger partial charge in [0.15, 0.2) is 6.54 Å². The average molecular weight is 398 g/mol. The van der Waals surface area contributed by atoms with Gasteiger partial charge in [-0.3, -0.25) is 0 Å². The highest BCUT2D eigenvalue weighted by atomic mass is 127. The van der Waals surface area contributed by atoms with Crippen LogP contribution in [0.25, 0.3) is 0 Å². The van der Waals surface area contributed by atoms with Crippen molar-refractivity contribution in [1.82, 2.24) is 4.57 Å². The molecule has 4 nitrogen and oxygen atoms in total. The molecule has 0 N–H and O–H groups in total. The van der Waals surface area contributed by atoms with Crippen LogP contribution in [0, 0.1) is 0 Å². The van der Waals surface area contributed by atoms with Crippen molar-refractivity contribution in [1.29, 1.82) is 0 Å². The zero-order chi connectivity index (χ0) is 14.1. The highest BCUT2D eigenvalue weighted by Crippen LogP contribution is 2.28. The van der Waals surface area contributed by atoms with Crippen LogP contribution in [-0.4, -0.2) is 42.7 Å². The molecule has 0 fully saturated rings. The molecule has 1 aromatic heterocycles. The summed E-state index contributed by atoms with van der Waals surface area (Å²) in [6, 6.07) is 10.2. The molecule has 3 rings (SSSR count). The van der Waals surface area contributed by atoms with Gasteiger partial charge in [-0.2, -0.15) is 0 Å². The summed E-state index contributed by atoms with van der Waals surface area (Å²) in [6.07, 6.45) is 2.12. The number of nitrogens with zero attached hydrogens (tertiary/aromatic N) is 2. The van der Waals surface area contributed by atoms with Crippen molar-refractivity contribution in [3.05, 3.63) is 47.8 Å². The highest BCUT2D eigenvalue weighted by molar-refractivity contribution is 6.10. The first-order chi connectivity index (χ1) is 9.74. The van der Waals surface area contributed by atoms with Gasteiger partial charge in [-0.05, 0) is 24.3 Å². The second-order valence-corrected chi connectivity index (χ2v) is 4.92. The summed E-state index contributed by atoms with van der Waals surface area (Å²) in [6.45, 7) is 2.01. The maximum atomic E-state index is 5.54. The summed E-state index contributed by atoms with van der Waals surface area (Å²) < 4.78 is 15.4. The van der Waals surface area contributed by atoms with E-state index < -0.39 is 0 Å². The Morgan fingerprint density at radius 1 is 1.14 bits per heavy atom. The largest absolute Gasteiger partial charge is 1.00 e. The van der Waals surface area contributed by atoms with E-state index in [0.29, 0.717) is 0 Å². The van der Waals surface area contributed by atoms with Crippen LogP contribution in [0.1, 0.15) is 11.3 Å². The van der Waals surface area contributed by atoms with Crippen molar-refractivity contribution in [3.8, 4) is 11.5 Å². The van der Waals surface area contributed by atoms with Crippen molar-refractivity contribution >= 4 is 5.71 Å². The monoisotopic (exact) mass is 398 g/mol. The number of benzene rings is 1. The standard InChI is InChI=1S/C16H19N2O2.HI/c1-17-9-10-18-8-4-5-14(18)16(17)13-7-6-12(19-2)11-15(13)20-3;/h4-8,11H,9-10H2,1-3H3;1H/q+1;/p-1. The summed E-state index contributed by atoms with van der Waals surface area (Å²) in [5.41, 5.74) is 3.51. The molecule has 0 radical (unpaired) electrons.